The molecule has 138 valence electrons. The van der Waals surface area contributed by atoms with Crippen LogP contribution in [0.1, 0.15) is 18.5 Å². The van der Waals surface area contributed by atoms with E-state index in [9.17, 15) is 21.6 Å². The summed E-state index contributed by atoms with van der Waals surface area (Å²) in [5.41, 5.74) is -0.808. The maximum atomic E-state index is 12.8. The van der Waals surface area contributed by atoms with Gasteiger partial charge in [0.1, 0.15) is 15.6 Å². The minimum Gasteiger partial charge on any atom is -0.377 e. The van der Waals surface area contributed by atoms with Crippen molar-refractivity contribution in [2.75, 3.05) is 13.2 Å². The molecule has 0 spiro atoms. The molecule has 0 aromatic carbocycles. The Bertz CT molecular complexity index is 852. The number of aryl methyl sites for hydroxylation is 1. The maximum absolute atomic E-state index is 12.8. The van der Waals surface area contributed by atoms with Crippen LogP contribution in [0, 0.1) is 0 Å². The predicted molar refractivity (Wildman–Crippen MR) is 85.7 cm³/mol. The number of aromatic nitrogens is 2. The zero-order valence-electron chi connectivity index (χ0n) is 13.2. The second kappa shape index (κ2) is 6.71. The van der Waals surface area contributed by atoms with Crippen LogP contribution in [0.5, 0.6) is 0 Å². The van der Waals surface area contributed by atoms with Crippen molar-refractivity contribution in [1.29, 1.82) is 0 Å². The van der Waals surface area contributed by atoms with E-state index in [2.05, 4.69) is 9.82 Å². The van der Waals surface area contributed by atoms with Crippen molar-refractivity contribution < 1.29 is 26.3 Å². The van der Waals surface area contributed by atoms with E-state index in [0.29, 0.717) is 11.5 Å². The normalized spacial score (nSPS) is 18.8. The second-order valence-electron chi connectivity index (χ2n) is 5.64. The number of nitrogens with one attached hydrogen (secondary N) is 1. The summed E-state index contributed by atoms with van der Waals surface area (Å²) in [6.07, 6.45) is -2.96. The summed E-state index contributed by atoms with van der Waals surface area (Å²) >= 11 is 0.874. The van der Waals surface area contributed by atoms with Crippen molar-refractivity contribution >= 4 is 21.4 Å². The molecule has 25 heavy (non-hydrogen) atoms. The van der Waals surface area contributed by atoms with Crippen molar-refractivity contribution in [1.82, 2.24) is 14.5 Å². The fourth-order valence-electron chi connectivity index (χ4n) is 2.53. The average molecular weight is 395 g/mol. The van der Waals surface area contributed by atoms with E-state index < -0.39 is 21.9 Å². The van der Waals surface area contributed by atoms with Crippen molar-refractivity contribution in [3.8, 4) is 10.6 Å². The van der Waals surface area contributed by atoms with Crippen LogP contribution < -0.4 is 4.72 Å². The van der Waals surface area contributed by atoms with Crippen molar-refractivity contribution in [3.63, 3.8) is 0 Å². The third-order valence-electron chi connectivity index (χ3n) is 3.79. The van der Waals surface area contributed by atoms with Crippen molar-refractivity contribution in [2.45, 2.75) is 29.3 Å². The molecule has 1 unspecified atom stereocenters. The minimum atomic E-state index is -4.52. The van der Waals surface area contributed by atoms with Crippen LogP contribution in [0.25, 0.3) is 10.6 Å². The highest BCUT2D eigenvalue weighted by molar-refractivity contribution is 7.91. The lowest BCUT2D eigenvalue weighted by molar-refractivity contribution is -0.143. The van der Waals surface area contributed by atoms with Crippen LogP contribution in [-0.2, 0) is 28.0 Å². The monoisotopic (exact) mass is 395 g/mol. The highest BCUT2D eigenvalue weighted by atomic mass is 32.2. The molecule has 1 N–H and O–H groups in total. The Balaban J connectivity index is 1.77. The van der Waals surface area contributed by atoms with Gasteiger partial charge < -0.3 is 4.74 Å². The first-order chi connectivity index (χ1) is 11.7. The topological polar surface area (TPSA) is 73.2 Å². The molecule has 0 saturated carbocycles. The molecule has 3 heterocycles. The van der Waals surface area contributed by atoms with Crippen molar-refractivity contribution in [2.24, 2.45) is 7.05 Å². The fourth-order valence-corrected chi connectivity index (χ4v) is 4.91. The first-order valence-electron chi connectivity index (χ1n) is 7.49. The quantitative estimate of drug-likeness (QED) is 0.845. The van der Waals surface area contributed by atoms with Gasteiger partial charge >= 0.3 is 6.18 Å². The average Bonchev–Trinajstić information content (AvgIpc) is 3.24. The molecule has 1 aliphatic heterocycles. The van der Waals surface area contributed by atoms with Crippen LogP contribution in [0.2, 0.25) is 0 Å². The zero-order valence-corrected chi connectivity index (χ0v) is 14.8. The first-order valence-corrected chi connectivity index (χ1v) is 9.79. The summed E-state index contributed by atoms with van der Waals surface area (Å²) in [7, 11) is -2.54. The molecule has 2 aromatic heterocycles. The Labute approximate surface area is 146 Å². The smallest absolute Gasteiger partial charge is 0.377 e. The molecular formula is C14H16F3N3O3S2. The molecule has 0 amide bonds. The van der Waals surface area contributed by atoms with Gasteiger partial charge in [0.15, 0.2) is 0 Å². The van der Waals surface area contributed by atoms with Gasteiger partial charge in [-0.15, -0.1) is 11.3 Å². The molecule has 0 radical (unpaired) electrons. The lowest BCUT2D eigenvalue weighted by atomic mass is 10.2. The minimum absolute atomic E-state index is 0.0275. The van der Waals surface area contributed by atoms with E-state index in [1.165, 1.54) is 19.2 Å². The summed E-state index contributed by atoms with van der Waals surface area (Å²) in [5.74, 6) is 0. The molecule has 11 heteroatoms. The third kappa shape index (κ3) is 4.05. The largest absolute Gasteiger partial charge is 0.433 e. The lowest BCUT2D eigenvalue weighted by Gasteiger charge is -2.10. The Hall–Kier alpha value is -1.43. The molecule has 2 aromatic rings. The number of halogens is 3. The second-order valence-corrected chi connectivity index (χ2v) is 8.72. The number of hydrogen-bond donors (Lipinski definition) is 1. The molecule has 1 saturated heterocycles. The molecular weight excluding hydrogens is 379 g/mol. The number of alkyl halides is 3. The maximum Gasteiger partial charge on any atom is 0.433 e. The predicted octanol–water partition coefficient (Wildman–Crippen LogP) is 2.62. The van der Waals surface area contributed by atoms with Gasteiger partial charge in [-0.3, -0.25) is 4.68 Å². The van der Waals surface area contributed by atoms with Gasteiger partial charge in [0.05, 0.1) is 11.0 Å². The first kappa shape index (κ1) is 18.4. The number of sulfonamides is 1. The summed E-state index contributed by atoms with van der Waals surface area (Å²) in [6, 6.07) is 3.72. The standard InChI is InChI=1S/C14H16F3N3O3S2/c1-20-12(14(15,16)17)7-10(19-20)11-4-5-13(24-11)25(21,22)18-8-9-3-2-6-23-9/h4-5,7,9,18H,2-3,6,8H2,1H3. The highest BCUT2D eigenvalue weighted by Crippen LogP contribution is 2.35. The van der Waals surface area contributed by atoms with Crippen LogP contribution in [-0.4, -0.2) is 37.5 Å². The van der Waals surface area contributed by atoms with Gasteiger partial charge in [0.2, 0.25) is 10.0 Å². The molecule has 0 bridgehead atoms. The van der Waals surface area contributed by atoms with Gasteiger partial charge in [-0.1, -0.05) is 0 Å². The van der Waals surface area contributed by atoms with Crippen LogP contribution in [0.3, 0.4) is 0 Å². The van der Waals surface area contributed by atoms with Gasteiger partial charge in [-0.25, -0.2) is 13.1 Å². The van der Waals surface area contributed by atoms with E-state index in [1.807, 2.05) is 0 Å². The number of nitrogens with zero attached hydrogens (tertiary/aromatic N) is 2. The molecule has 0 aliphatic carbocycles. The van der Waals surface area contributed by atoms with E-state index in [0.717, 1.165) is 34.9 Å². The summed E-state index contributed by atoms with van der Waals surface area (Å²) in [5, 5.41) is 3.82. The van der Waals surface area contributed by atoms with Crippen LogP contribution in [0.15, 0.2) is 22.4 Å². The molecule has 1 fully saturated rings. The van der Waals surface area contributed by atoms with E-state index in [-0.39, 0.29) is 22.6 Å². The van der Waals surface area contributed by atoms with Gasteiger partial charge in [0, 0.05) is 20.2 Å². The molecule has 1 aliphatic rings. The molecule has 6 nitrogen and oxygen atoms in total. The highest BCUT2D eigenvalue weighted by Gasteiger charge is 2.35. The van der Waals surface area contributed by atoms with E-state index >= 15 is 0 Å². The molecule has 3 rings (SSSR count). The summed E-state index contributed by atoms with van der Waals surface area (Å²) in [6.45, 7) is 0.800. The molecule has 1 atom stereocenters. The number of rotatable bonds is 5. The van der Waals surface area contributed by atoms with Crippen molar-refractivity contribution in [3.05, 3.63) is 23.9 Å². The van der Waals surface area contributed by atoms with Gasteiger partial charge in [-0.05, 0) is 31.0 Å². The summed E-state index contributed by atoms with van der Waals surface area (Å²) in [4.78, 5) is 0.351. The Morgan fingerprint density at radius 3 is 2.80 bits per heavy atom. The Morgan fingerprint density at radius 2 is 2.20 bits per heavy atom. The number of thiophene rings is 1. The van der Waals surface area contributed by atoms with Gasteiger partial charge in [0.25, 0.3) is 0 Å². The lowest BCUT2D eigenvalue weighted by Crippen LogP contribution is -2.31. The van der Waals surface area contributed by atoms with E-state index in [4.69, 9.17) is 4.74 Å². The fraction of sp³-hybridized carbons (Fsp3) is 0.500. The summed E-state index contributed by atoms with van der Waals surface area (Å²) < 4.78 is 71.7. The van der Waals surface area contributed by atoms with E-state index in [1.54, 1.807) is 0 Å². The number of ether oxygens (including phenoxy) is 1. The SMILES string of the molecule is Cn1nc(-c2ccc(S(=O)(=O)NCC3CCCO3)s2)cc1C(F)(F)F. The Kier molecular flexibility index (Phi) is 4.93. The van der Waals surface area contributed by atoms with Crippen LogP contribution in [0.4, 0.5) is 13.2 Å². The number of hydrogen-bond acceptors (Lipinski definition) is 5. The van der Waals surface area contributed by atoms with Crippen LogP contribution >= 0.6 is 11.3 Å². The van der Waals surface area contributed by atoms with Gasteiger partial charge in [-0.2, -0.15) is 18.3 Å². The zero-order chi connectivity index (χ0) is 18.2. The Morgan fingerprint density at radius 1 is 1.44 bits per heavy atom. The third-order valence-corrected chi connectivity index (χ3v) is 6.82.